The Morgan fingerprint density at radius 1 is 0.825 bits per heavy atom. The van der Waals surface area contributed by atoms with Gasteiger partial charge in [0.2, 0.25) is 0 Å². The number of imidazole rings is 1. The largest absolute Gasteiger partial charge is 0.335 e. The Morgan fingerprint density at radius 2 is 1.62 bits per heavy atom. The second-order valence-corrected chi connectivity index (χ2v) is 9.15. The van der Waals surface area contributed by atoms with E-state index in [1.807, 2.05) is 30.3 Å². The molecule has 7 rings (SSSR count). The van der Waals surface area contributed by atoms with Crippen LogP contribution in [0.4, 0.5) is 10.1 Å². The number of carbonyl (C=O) groups is 1. The number of fused-ring (bicyclic) bond motifs is 2. The lowest BCUT2D eigenvalue weighted by Crippen LogP contribution is -2.11. The zero-order valence-electron chi connectivity index (χ0n) is 20.8. The first-order valence-electron chi connectivity index (χ1n) is 12.4. The van der Waals surface area contributed by atoms with Crippen LogP contribution in [0.15, 0.2) is 97.7 Å². The molecule has 40 heavy (non-hydrogen) atoms. The van der Waals surface area contributed by atoms with Crippen molar-refractivity contribution in [3.63, 3.8) is 0 Å². The number of nitrogens with one attached hydrogen (secondary N) is 3. The number of hydrogen-bond donors (Lipinski definition) is 3. The number of amides is 1. The lowest BCUT2D eigenvalue weighted by molar-refractivity contribution is 0.102. The molecule has 0 unspecified atom stereocenters. The molecule has 3 N–H and O–H groups in total. The Hall–Kier alpha value is -5.77. The summed E-state index contributed by atoms with van der Waals surface area (Å²) in [5, 5.41) is 11.0. The van der Waals surface area contributed by atoms with Crippen LogP contribution in [-0.4, -0.2) is 41.0 Å². The average molecular weight is 527 g/mol. The fraction of sp³-hybridized carbons (Fsp3) is 0. The van der Waals surface area contributed by atoms with Crippen molar-refractivity contribution in [2.75, 3.05) is 5.32 Å². The third-order valence-corrected chi connectivity index (χ3v) is 6.56. The van der Waals surface area contributed by atoms with Crippen molar-refractivity contribution in [2.45, 2.75) is 0 Å². The first-order chi connectivity index (χ1) is 19.6. The van der Waals surface area contributed by atoms with Gasteiger partial charge in [-0.1, -0.05) is 30.3 Å². The van der Waals surface area contributed by atoms with E-state index in [0.29, 0.717) is 33.9 Å². The minimum atomic E-state index is -0.307. The van der Waals surface area contributed by atoms with Crippen LogP contribution in [0.3, 0.4) is 0 Å². The molecule has 0 saturated heterocycles. The van der Waals surface area contributed by atoms with Gasteiger partial charge in [0.25, 0.3) is 5.91 Å². The molecule has 2 aromatic carbocycles. The van der Waals surface area contributed by atoms with Gasteiger partial charge in [0.15, 0.2) is 11.5 Å². The number of halogens is 1. The molecular formula is C30H19FN8O. The molecule has 0 aliphatic heterocycles. The third-order valence-electron chi connectivity index (χ3n) is 6.56. The standard InChI is InChI=1S/C30H19FN8O/c31-21-8-6-17(7-9-21)24-15-33-16-25-26(24)37-29(36-25)27-23-11-20(13-34-28(23)39-38-27)19-10-22(14-32-12-19)35-30(40)18-4-2-1-3-5-18/h1-16H,(H,35,40)(H,36,37)(H,34,38,39). The molecule has 0 fully saturated rings. The highest BCUT2D eigenvalue weighted by Gasteiger charge is 2.17. The van der Waals surface area contributed by atoms with Gasteiger partial charge in [-0.2, -0.15) is 5.10 Å². The van der Waals surface area contributed by atoms with Gasteiger partial charge in [-0.15, -0.1) is 0 Å². The van der Waals surface area contributed by atoms with Gasteiger partial charge in [-0.05, 0) is 42.0 Å². The van der Waals surface area contributed by atoms with Crippen molar-refractivity contribution in [3.8, 4) is 33.8 Å². The Morgan fingerprint density at radius 3 is 2.48 bits per heavy atom. The Balaban J connectivity index is 1.25. The van der Waals surface area contributed by atoms with E-state index in [0.717, 1.165) is 33.2 Å². The normalized spacial score (nSPS) is 11.2. The molecule has 1 amide bonds. The predicted octanol–water partition coefficient (Wildman–Crippen LogP) is 6.02. The van der Waals surface area contributed by atoms with Crippen molar-refractivity contribution in [2.24, 2.45) is 0 Å². The topological polar surface area (TPSA) is 125 Å². The molecule has 0 aliphatic carbocycles. The SMILES string of the molecule is O=C(Nc1cncc(-c2cnc3n[nH]c(-c4nc5c(-c6ccc(F)cc6)cncc5[nH]4)c3c2)c1)c1ccccc1. The summed E-state index contributed by atoms with van der Waals surface area (Å²) >= 11 is 0. The van der Waals surface area contributed by atoms with E-state index in [9.17, 15) is 9.18 Å². The molecule has 0 bridgehead atoms. The van der Waals surface area contributed by atoms with Gasteiger partial charge >= 0.3 is 0 Å². The first kappa shape index (κ1) is 23.4. The van der Waals surface area contributed by atoms with Gasteiger partial charge in [0.1, 0.15) is 11.5 Å². The molecule has 0 spiro atoms. The van der Waals surface area contributed by atoms with Crippen molar-refractivity contribution in [3.05, 3.63) is 109 Å². The lowest BCUT2D eigenvalue weighted by atomic mass is 10.1. The number of anilines is 1. The highest BCUT2D eigenvalue weighted by molar-refractivity contribution is 6.04. The van der Waals surface area contributed by atoms with Gasteiger partial charge in [0, 0.05) is 40.8 Å². The Labute approximate surface area is 226 Å². The number of pyridine rings is 3. The number of aromatic nitrogens is 7. The number of H-pyrrole nitrogens is 2. The smallest absolute Gasteiger partial charge is 0.255 e. The second-order valence-electron chi connectivity index (χ2n) is 9.15. The van der Waals surface area contributed by atoms with E-state index in [1.54, 1.807) is 55.2 Å². The summed E-state index contributed by atoms with van der Waals surface area (Å²) in [4.78, 5) is 33.9. The maximum Gasteiger partial charge on any atom is 0.255 e. The van der Waals surface area contributed by atoms with E-state index in [2.05, 4.69) is 35.5 Å². The molecule has 5 aromatic heterocycles. The highest BCUT2D eigenvalue weighted by Crippen LogP contribution is 2.32. The van der Waals surface area contributed by atoms with Gasteiger partial charge in [0.05, 0.1) is 34.5 Å². The van der Waals surface area contributed by atoms with Crippen molar-refractivity contribution >= 4 is 33.7 Å². The second kappa shape index (κ2) is 9.52. The van der Waals surface area contributed by atoms with Crippen molar-refractivity contribution in [1.82, 2.24) is 35.1 Å². The van der Waals surface area contributed by atoms with E-state index in [1.165, 1.54) is 12.1 Å². The van der Waals surface area contributed by atoms with Crippen LogP contribution >= 0.6 is 0 Å². The highest BCUT2D eigenvalue weighted by atomic mass is 19.1. The van der Waals surface area contributed by atoms with E-state index < -0.39 is 0 Å². The maximum absolute atomic E-state index is 13.5. The number of nitrogens with zero attached hydrogens (tertiary/aromatic N) is 5. The quantitative estimate of drug-likeness (QED) is 0.252. The first-order valence-corrected chi connectivity index (χ1v) is 12.4. The molecule has 5 heterocycles. The summed E-state index contributed by atoms with van der Waals surface area (Å²) in [6.45, 7) is 0. The zero-order valence-corrected chi connectivity index (χ0v) is 20.8. The summed E-state index contributed by atoms with van der Waals surface area (Å²) in [7, 11) is 0. The lowest BCUT2D eigenvalue weighted by Gasteiger charge is -2.07. The van der Waals surface area contributed by atoms with Gasteiger partial charge in [-0.3, -0.25) is 19.9 Å². The molecule has 9 nitrogen and oxygen atoms in total. The van der Waals surface area contributed by atoms with E-state index in [-0.39, 0.29) is 11.7 Å². The van der Waals surface area contributed by atoms with E-state index >= 15 is 0 Å². The number of rotatable bonds is 5. The number of carbonyl (C=O) groups excluding carboxylic acids is 1. The van der Waals surface area contributed by atoms with Crippen LogP contribution in [0, 0.1) is 5.82 Å². The van der Waals surface area contributed by atoms with Crippen molar-refractivity contribution < 1.29 is 9.18 Å². The number of aromatic amines is 2. The summed E-state index contributed by atoms with van der Waals surface area (Å²) in [6.07, 6.45) is 8.43. The number of hydrogen-bond acceptors (Lipinski definition) is 6. The third kappa shape index (κ3) is 4.23. The Kier molecular flexibility index (Phi) is 5.56. The van der Waals surface area contributed by atoms with Crippen LogP contribution in [0.2, 0.25) is 0 Å². The molecule has 192 valence electrons. The fourth-order valence-electron chi connectivity index (χ4n) is 4.59. The van der Waals surface area contributed by atoms with Crippen LogP contribution in [0.25, 0.3) is 55.8 Å². The predicted molar refractivity (Wildman–Crippen MR) is 150 cm³/mol. The minimum Gasteiger partial charge on any atom is -0.335 e. The minimum absolute atomic E-state index is 0.218. The average Bonchev–Trinajstić information content (AvgIpc) is 3.62. The monoisotopic (exact) mass is 526 g/mol. The molecule has 0 aliphatic rings. The van der Waals surface area contributed by atoms with Crippen LogP contribution < -0.4 is 5.32 Å². The summed E-state index contributed by atoms with van der Waals surface area (Å²) < 4.78 is 13.5. The maximum atomic E-state index is 13.5. The van der Waals surface area contributed by atoms with Gasteiger partial charge < -0.3 is 10.3 Å². The van der Waals surface area contributed by atoms with Crippen LogP contribution in [0.1, 0.15) is 10.4 Å². The Bertz CT molecular complexity index is 2020. The molecule has 10 heteroatoms. The van der Waals surface area contributed by atoms with E-state index in [4.69, 9.17) is 4.98 Å². The number of benzene rings is 2. The zero-order chi connectivity index (χ0) is 27.1. The summed E-state index contributed by atoms with van der Waals surface area (Å²) in [5.41, 5.74) is 6.91. The summed E-state index contributed by atoms with van der Waals surface area (Å²) in [6, 6.07) is 19.0. The molecular weight excluding hydrogens is 507 g/mol. The summed E-state index contributed by atoms with van der Waals surface area (Å²) in [5.74, 6) is 0.0394. The van der Waals surface area contributed by atoms with Crippen LogP contribution in [-0.2, 0) is 0 Å². The molecule has 0 saturated carbocycles. The molecule has 0 radical (unpaired) electrons. The molecule has 7 aromatic rings. The van der Waals surface area contributed by atoms with Crippen LogP contribution in [0.5, 0.6) is 0 Å². The van der Waals surface area contributed by atoms with Gasteiger partial charge in [-0.25, -0.2) is 14.4 Å². The fourth-order valence-corrected chi connectivity index (χ4v) is 4.59. The van der Waals surface area contributed by atoms with Crippen molar-refractivity contribution in [1.29, 1.82) is 0 Å². The molecule has 0 atom stereocenters.